The summed E-state index contributed by atoms with van der Waals surface area (Å²) in [5, 5.41) is 1.52. The van der Waals surface area contributed by atoms with Crippen LogP contribution in [0, 0.1) is 0 Å². The number of amides is 1. The molecule has 0 radical (unpaired) electrons. The van der Waals surface area contributed by atoms with Crippen LogP contribution in [0.5, 0.6) is 0 Å². The Morgan fingerprint density at radius 2 is 1.83 bits per heavy atom. The van der Waals surface area contributed by atoms with E-state index in [9.17, 15) is 4.79 Å². The highest BCUT2D eigenvalue weighted by Gasteiger charge is 2.24. The molecule has 0 saturated carbocycles. The van der Waals surface area contributed by atoms with Gasteiger partial charge in [-0.05, 0) is 24.3 Å². The van der Waals surface area contributed by atoms with Crippen molar-refractivity contribution in [2.75, 3.05) is 31.1 Å². The third kappa shape index (κ3) is 2.69. The summed E-state index contributed by atoms with van der Waals surface area (Å²) >= 11 is 6.18. The maximum atomic E-state index is 12.7. The molecule has 1 saturated heterocycles. The average Bonchev–Trinajstić information content (AvgIpc) is 3.08. The number of H-pyrrole nitrogens is 1. The molecule has 0 spiro atoms. The van der Waals surface area contributed by atoms with Crippen LogP contribution in [0.1, 0.15) is 10.5 Å². The number of carbonyl (C=O) groups excluding carboxylic acids is 1. The average molecular weight is 342 g/mol. The Hall–Kier alpha value is -2.60. The van der Waals surface area contributed by atoms with Gasteiger partial charge >= 0.3 is 0 Å². The lowest BCUT2D eigenvalue weighted by molar-refractivity contribution is 0.0741. The zero-order valence-corrected chi connectivity index (χ0v) is 13.7. The lowest BCUT2D eigenvalue weighted by Crippen LogP contribution is -2.49. The third-order valence-corrected chi connectivity index (χ3v) is 4.57. The van der Waals surface area contributed by atoms with E-state index in [4.69, 9.17) is 11.6 Å². The van der Waals surface area contributed by atoms with Gasteiger partial charge in [0.25, 0.3) is 5.91 Å². The molecule has 3 aromatic rings. The summed E-state index contributed by atoms with van der Waals surface area (Å²) in [5.41, 5.74) is 1.45. The highest BCUT2D eigenvalue weighted by atomic mass is 35.5. The van der Waals surface area contributed by atoms with Crippen LogP contribution < -0.4 is 4.90 Å². The van der Waals surface area contributed by atoms with Gasteiger partial charge in [-0.2, -0.15) is 0 Å². The van der Waals surface area contributed by atoms with Crippen molar-refractivity contribution < 1.29 is 4.79 Å². The predicted molar refractivity (Wildman–Crippen MR) is 93.5 cm³/mol. The maximum absolute atomic E-state index is 12.7. The number of fused-ring (bicyclic) bond motifs is 1. The van der Waals surface area contributed by atoms with Crippen molar-refractivity contribution in [2.24, 2.45) is 0 Å². The molecule has 1 aliphatic rings. The van der Waals surface area contributed by atoms with Crippen LogP contribution in [0.3, 0.4) is 0 Å². The molecular weight excluding hydrogens is 326 g/mol. The smallest absolute Gasteiger partial charge is 0.270 e. The minimum Gasteiger partial charge on any atom is -0.350 e. The summed E-state index contributed by atoms with van der Waals surface area (Å²) in [7, 11) is 0. The molecule has 122 valence electrons. The third-order valence-electron chi connectivity index (χ3n) is 4.24. The van der Waals surface area contributed by atoms with Crippen LogP contribution >= 0.6 is 11.6 Å². The number of halogens is 1. The molecule has 0 unspecified atom stereocenters. The van der Waals surface area contributed by atoms with Crippen LogP contribution in [-0.2, 0) is 0 Å². The largest absolute Gasteiger partial charge is 0.350 e. The first-order valence-corrected chi connectivity index (χ1v) is 8.18. The first-order valence-electron chi connectivity index (χ1n) is 7.81. The van der Waals surface area contributed by atoms with Gasteiger partial charge in [-0.15, -0.1) is 0 Å². The summed E-state index contributed by atoms with van der Waals surface area (Å²) in [4.78, 5) is 28.3. The van der Waals surface area contributed by atoms with Gasteiger partial charge in [0.1, 0.15) is 5.69 Å². The lowest BCUT2D eigenvalue weighted by Gasteiger charge is -2.34. The second-order valence-electron chi connectivity index (χ2n) is 5.71. The topological polar surface area (TPSA) is 65.1 Å². The summed E-state index contributed by atoms with van der Waals surface area (Å²) in [5.74, 6) is 0.706. The highest BCUT2D eigenvalue weighted by Crippen LogP contribution is 2.24. The Labute approximate surface area is 144 Å². The van der Waals surface area contributed by atoms with E-state index in [-0.39, 0.29) is 5.91 Å². The van der Waals surface area contributed by atoms with E-state index in [0.29, 0.717) is 29.8 Å². The Morgan fingerprint density at radius 3 is 2.54 bits per heavy atom. The van der Waals surface area contributed by atoms with E-state index >= 15 is 0 Å². The fourth-order valence-corrected chi connectivity index (χ4v) is 3.20. The molecule has 1 N–H and O–H groups in total. The van der Waals surface area contributed by atoms with Gasteiger partial charge in [0, 0.05) is 54.5 Å². The van der Waals surface area contributed by atoms with Gasteiger partial charge in [-0.25, -0.2) is 9.97 Å². The first kappa shape index (κ1) is 15.0. The molecular formula is C17H16ClN5O. The molecule has 0 bridgehead atoms. The molecule has 7 heteroatoms. The van der Waals surface area contributed by atoms with Gasteiger partial charge in [0.15, 0.2) is 0 Å². The van der Waals surface area contributed by atoms with E-state index in [1.165, 1.54) is 0 Å². The predicted octanol–water partition coefficient (Wildman–Crippen LogP) is 2.57. The zero-order chi connectivity index (χ0) is 16.5. The van der Waals surface area contributed by atoms with Crippen LogP contribution in [0.4, 0.5) is 5.95 Å². The molecule has 3 heterocycles. The first-order chi connectivity index (χ1) is 11.7. The summed E-state index contributed by atoms with van der Waals surface area (Å²) < 4.78 is 0. The number of hydrogen-bond acceptors (Lipinski definition) is 4. The number of piperazine rings is 1. The van der Waals surface area contributed by atoms with Crippen molar-refractivity contribution in [1.82, 2.24) is 19.9 Å². The minimum absolute atomic E-state index is 0.00380. The Kier molecular flexibility index (Phi) is 3.82. The molecule has 0 aliphatic carbocycles. The number of benzene rings is 1. The monoisotopic (exact) mass is 341 g/mol. The standard InChI is InChI=1S/C17H16ClN5O/c18-13-3-1-4-14-12(13)11-15(21-14)16(24)22-7-9-23(10-8-22)17-19-5-2-6-20-17/h1-6,11,21H,7-10H2. The molecule has 1 aliphatic heterocycles. The quantitative estimate of drug-likeness (QED) is 0.778. The van der Waals surface area contributed by atoms with E-state index < -0.39 is 0 Å². The summed E-state index contributed by atoms with van der Waals surface area (Å²) in [6.45, 7) is 2.72. The molecule has 2 aromatic heterocycles. The van der Waals surface area contributed by atoms with Gasteiger partial charge in [-0.1, -0.05) is 17.7 Å². The fraction of sp³-hybridized carbons (Fsp3) is 0.235. The van der Waals surface area contributed by atoms with E-state index in [2.05, 4.69) is 19.9 Å². The van der Waals surface area contributed by atoms with Crippen molar-refractivity contribution >= 4 is 34.4 Å². The molecule has 1 aromatic carbocycles. The highest BCUT2D eigenvalue weighted by molar-refractivity contribution is 6.35. The zero-order valence-electron chi connectivity index (χ0n) is 12.9. The summed E-state index contributed by atoms with van der Waals surface area (Å²) in [6, 6.07) is 9.23. The van der Waals surface area contributed by atoms with Crippen molar-refractivity contribution in [3.63, 3.8) is 0 Å². The minimum atomic E-state index is -0.00380. The lowest BCUT2D eigenvalue weighted by atomic mass is 10.2. The molecule has 24 heavy (non-hydrogen) atoms. The number of carbonyl (C=O) groups is 1. The van der Waals surface area contributed by atoms with Crippen molar-refractivity contribution in [3.05, 3.63) is 53.4 Å². The van der Waals surface area contributed by atoms with Crippen LogP contribution in [0.25, 0.3) is 10.9 Å². The van der Waals surface area contributed by atoms with Crippen molar-refractivity contribution in [3.8, 4) is 0 Å². The van der Waals surface area contributed by atoms with Crippen LogP contribution in [0.15, 0.2) is 42.7 Å². The fourth-order valence-electron chi connectivity index (χ4n) is 2.97. The number of nitrogens with zero attached hydrogens (tertiary/aromatic N) is 4. The molecule has 0 atom stereocenters. The number of aromatic nitrogens is 3. The van der Waals surface area contributed by atoms with Gasteiger partial charge in [-0.3, -0.25) is 4.79 Å². The van der Waals surface area contributed by atoms with Gasteiger partial charge < -0.3 is 14.8 Å². The molecule has 4 rings (SSSR count). The Bertz CT molecular complexity index is 871. The number of nitrogens with one attached hydrogen (secondary N) is 1. The second kappa shape index (κ2) is 6.13. The van der Waals surface area contributed by atoms with E-state index in [0.717, 1.165) is 24.0 Å². The van der Waals surface area contributed by atoms with E-state index in [1.54, 1.807) is 18.5 Å². The SMILES string of the molecule is O=C(c1cc2c(Cl)cccc2[nH]1)N1CCN(c2ncccn2)CC1. The number of anilines is 1. The molecule has 6 nitrogen and oxygen atoms in total. The number of hydrogen-bond donors (Lipinski definition) is 1. The molecule has 1 amide bonds. The Morgan fingerprint density at radius 1 is 1.08 bits per heavy atom. The van der Waals surface area contributed by atoms with Gasteiger partial charge in [0.05, 0.1) is 0 Å². The van der Waals surface area contributed by atoms with Crippen molar-refractivity contribution in [1.29, 1.82) is 0 Å². The van der Waals surface area contributed by atoms with Crippen LogP contribution in [-0.4, -0.2) is 51.9 Å². The second-order valence-corrected chi connectivity index (χ2v) is 6.12. The Balaban J connectivity index is 1.48. The number of rotatable bonds is 2. The van der Waals surface area contributed by atoms with Gasteiger partial charge in [0.2, 0.25) is 5.95 Å². The normalized spacial score (nSPS) is 15.0. The maximum Gasteiger partial charge on any atom is 0.270 e. The van der Waals surface area contributed by atoms with E-state index in [1.807, 2.05) is 29.2 Å². The number of aromatic amines is 1. The summed E-state index contributed by atoms with van der Waals surface area (Å²) in [6.07, 6.45) is 3.46. The molecule has 1 fully saturated rings. The van der Waals surface area contributed by atoms with Crippen molar-refractivity contribution in [2.45, 2.75) is 0 Å². The van der Waals surface area contributed by atoms with Crippen LogP contribution in [0.2, 0.25) is 5.02 Å².